The van der Waals surface area contributed by atoms with Crippen LogP contribution in [0.2, 0.25) is 0 Å². The maximum Gasteiger partial charge on any atom is 0.132 e. The van der Waals surface area contributed by atoms with Crippen LogP contribution in [0.25, 0.3) is 0 Å². The standard InChI is InChI=1S/C13H15BrF2/c1-8-2-7-12(15)10(13(8)16)5-6-11(14)9-3-4-9/h2,7,9,11H,3-6H2,1H3. The zero-order valence-corrected chi connectivity index (χ0v) is 10.9. The number of halogens is 3. The Labute approximate surface area is 103 Å². The van der Waals surface area contributed by atoms with Gasteiger partial charge in [0.05, 0.1) is 0 Å². The van der Waals surface area contributed by atoms with Crippen LogP contribution in [0.4, 0.5) is 8.78 Å². The summed E-state index contributed by atoms with van der Waals surface area (Å²) in [5, 5.41) is 0. The first kappa shape index (κ1) is 12.0. The highest BCUT2D eigenvalue weighted by atomic mass is 79.9. The molecule has 0 bridgehead atoms. The third kappa shape index (κ3) is 2.62. The molecule has 0 amide bonds. The van der Waals surface area contributed by atoms with Crippen LogP contribution in [-0.4, -0.2) is 4.83 Å². The lowest BCUT2D eigenvalue weighted by Crippen LogP contribution is -2.06. The smallest absolute Gasteiger partial charge is 0.132 e. The first-order valence-electron chi connectivity index (χ1n) is 5.67. The van der Waals surface area contributed by atoms with Crippen LogP contribution in [0.15, 0.2) is 12.1 Å². The van der Waals surface area contributed by atoms with E-state index in [2.05, 4.69) is 15.9 Å². The van der Waals surface area contributed by atoms with Gasteiger partial charge in [0.25, 0.3) is 0 Å². The zero-order chi connectivity index (χ0) is 11.7. The Balaban J connectivity index is 2.05. The van der Waals surface area contributed by atoms with Crippen molar-refractivity contribution in [2.45, 2.75) is 37.4 Å². The second kappa shape index (κ2) is 4.82. The Hall–Kier alpha value is -0.440. The average molecular weight is 289 g/mol. The fourth-order valence-corrected chi connectivity index (χ4v) is 2.68. The highest BCUT2D eigenvalue weighted by molar-refractivity contribution is 9.09. The number of hydrogen-bond acceptors (Lipinski definition) is 0. The topological polar surface area (TPSA) is 0 Å². The van der Waals surface area contributed by atoms with Gasteiger partial charge in [-0.15, -0.1) is 0 Å². The molecule has 0 radical (unpaired) electrons. The Morgan fingerprint density at radius 2 is 2.06 bits per heavy atom. The fraction of sp³-hybridized carbons (Fsp3) is 0.538. The first-order chi connectivity index (χ1) is 7.59. The van der Waals surface area contributed by atoms with Gasteiger partial charge in [-0.3, -0.25) is 0 Å². The van der Waals surface area contributed by atoms with Crippen molar-refractivity contribution in [2.24, 2.45) is 5.92 Å². The van der Waals surface area contributed by atoms with Crippen LogP contribution in [0.3, 0.4) is 0 Å². The molecule has 0 spiro atoms. The van der Waals surface area contributed by atoms with E-state index in [4.69, 9.17) is 0 Å². The number of aryl methyl sites for hydroxylation is 1. The van der Waals surface area contributed by atoms with Gasteiger partial charge in [0.15, 0.2) is 0 Å². The Morgan fingerprint density at radius 1 is 1.38 bits per heavy atom. The molecule has 1 aliphatic carbocycles. The van der Waals surface area contributed by atoms with Crippen molar-refractivity contribution in [3.8, 4) is 0 Å². The van der Waals surface area contributed by atoms with Crippen molar-refractivity contribution in [2.75, 3.05) is 0 Å². The van der Waals surface area contributed by atoms with Crippen molar-refractivity contribution in [3.63, 3.8) is 0 Å². The van der Waals surface area contributed by atoms with Crippen molar-refractivity contribution >= 4 is 15.9 Å². The Bertz CT molecular complexity index is 386. The molecule has 1 aliphatic rings. The van der Waals surface area contributed by atoms with Gasteiger partial charge >= 0.3 is 0 Å². The molecule has 0 nitrogen and oxygen atoms in total. The summed E-state index contributed by atoms with van der Waals surface area (Å²) in [6.07, 6.45) is 3.77. The lowest BCUT2D eigenvalue weighted by atomic mass is 10.0. The second-order valence-electron chi connectivity index (χ2n) is 4.55. The summed E-state index contributed by atoms with van der Waals surface area (Å²) in [5.74, 6) is -0.0787. The summed E-state index contributed by atoms with van der Waals surface area (Å²) in [7, 11) is 0. The van der Waals surface area contributed by atoms with Crippen molar-refractivity contribution < 1.29 is 8.78 Å². The van der Waals surface area contributed by atoms with E-state index >= 15 is 0 Å². The molecule has 1 aromatic carbocycles. The van der Waals surface area contributed by atoms with Gasteiger partial charge < -0.3 is 0 Å². The predicted octanol–water partition coefficient (Wildman–Crippen LogP) is 4.38. The Kier molecular flexibility index (Phi) is 3.63. The third-order valence-corrected chi connectivity index (χ3v) is 4.39. The largest absolute Gasteiger partial charge is 0.207 e. The number of hydrogen-bond donors (Lipinski definition) is 0. The molecule has 16 heavy (non-hydrogen) atoms. The van der Waals surface area contributed by atoms with E-state index in [9.17, 15) is 8.78 Å². The van der Waals surface area contributed by atoms with Gasteiger partial charge in [0.2, 0.25) is 0 Å². The van der Waals surface area contributed by atoms with E-state index in [0.29, 0.717) is 16.8 Å². The molecule has 1 saturated carbocycles. The first-order valence-corrected chi connectivity index (χ1v) is 6.58. The molecule has 88 valence electrons. The second-order valence-corrected chi connectivity index (χ2v) is 5.73. The zero-order valence-electron chi connectivity index (χ0n) is 9.27. The molecule has 0 aromatic heterocycles. The molecule has 2 rings (SSSR count). The van der Waals surface area contributed by atoms with Crippen molar-refractivity contribution in [3.05, 3.63) is 34.9 Å². The predicted molar refractivity (Wildman–Crippen MR) is 64.9 cm³/mol. The molecular formula is C13H15BrF2. The minimum Gasteiger partial charge on any atom is -0.207 e. The normalized spacial score (nSPS) is 17.5. The van der Waals surface area contributed by atoms with Crippen LogP contribution in [-0.2, 0) is 6.42 Å². The molecule has 0 N–H and O–H groups in total. The van der Waals surface area contributed by atoms with Crippen molar-refractivity contribution in [1.82, 2.24) is 0 Å². The molecule has 1 fully saturated rings. The van der Waals surface area contributed by atoms with Gasteiger partial charge in [-0.1, -0.05) is 22.0 Å². The summed E-state index contributed by atoms with van der Waals surface area (Å²) in [5.41, 5.74) is 0.763. The van der Waals surface area contributed by atoms with E-state index in [1.54, 1.807) is 6.92 Å². The highest BCUT2D eigenvalue weighted by Gasteiger charge is 2.29. The fourth-order valence-electron chi connectivity index (χ4n) is 1.92. The summed E-state index contributed by atoms with van der Waals surface area (Å²) in [6, 6.07) is 2.84. The van der Waals surface area contributed by atoms with Gasteiger partial charge in [-0.2, -0.15) is 0 Å². The molecular weight excluding hydrogens is 274 g/mol. The van der Waals surface area contributed by atoms with E-state index in [0.717, 1.165) is 12.3 Å². The van der Waals surface area contributed by atoms with Crippen molar-refractivity contribution in [1.29, 1.82) is 0 Å². The van der Waals surface area contributed by atoms with E-state index in [1.807, 2.05) is 0 Å². The molecule has 3 heteroatoms. The quantitative estimate of drug-likeness (QED) is 0.722. The summed E-state index contributed by atoms with van der Waals surface area (Å²) >= 11 is 3.58. The van der Waals surface area contributed by atoms with Crippen LogP contribution in [0, 0.1) is 24.5 Å². The Morgan fingerprint density at radius 3 is 2.69 bits per heavy atom. The minimum absolute atomic E-state index is 0.241. The average Bonchev–Trinajstić information content (AvgIpc) is 3.07. The molecule has 1 aromatic rings. The maximum absolute atomic E-state index is 13.7. The van der Waals surface area contributed by atoms with E-state index in [-0.39, 0.29) is 11.4 Å². The van der Waals surface area contributed by atoms with Crippen LogP contribution in [0.1, 0.15) is 30.4 Å². The number of benzene rings is 1. The third-order valence-electron chi connectivity index (χ3n) is 3.18. The summed E-state index contributed by atoms with van der Waals surface area (Å²) in [6.45, 7) is 1.67. The lowest BCUT2D eigenvalue weighted by Gasteiger charge is -2.10. The van der Waals surface area contributed by atoms with Crippen LogP contribution < -0.4 is 0 Å². The SMILES string of the molecule is Cc1ccc(F)c(CCC(Br)C2CC2)c1F. The van der Waals surface area contributed by atoms with Crippen LogP contribution >= 0.6 is 15.9 Å². The number of alkyl halides is 1. The summed E-state index contributed by atoms with van der Waals surface area (Å²) < 4.78 is 27.1. The molecule has 0 aliphatic heterocycles. The van der Waals surface area contributed by atoms with E-state index < -0.39 is 5.82 Å². The van der Waals surface area contributed by atoms with Crippen LogP contribution in [0.5, 0.6) is 0 Å². The van der Waals surface area contributed by atoms with Gasteiger partial charge in [-0.25, -0.2) is 8.78 Å². The molecule has 0 saturated heterocycles. The van der Waals surface area contributed by atoms with E-state index in [1.165, 1.54) is 25.0 Å². The summed E-state index contributed by atoms with van der Waals surface area (Å²) in [4.78, 5) is 0.409. The van der Waals surface area contributed by atoms with Gasteiger partial charge in [0, 0.05) is 10.4 Å². The molecule has 0 heterocycles. The minimum atomic E-state index is -0.418. The monoisotopic (exact) mass is 288 g/mol. The lowest BCUT2D eigenvalue weighted by molar-refractivity contribution is 0.540. The molecule has 1 unspecified atom stereocenters. The maximum atomic E-state index is 13.7. The van der Waals surface area contributed by atoms with Gasteiger partial charge in [-0.05, 0) is 50.2 Å². The highest BCUT2D eigenvalue weighted by Crippen LogP contribution is 2.38. The molecule has 1 atom stereocenters. The number of rotatable bonds is 4. The van der Waals surface area contributed by atoms with Gasteiger partial charge in [0.1, 0.15) is 11.6 Å².